The Kier molecular flexibility index (Phi) is 5.71. The molecule has 3 nitrogen and oxygen atoms in total. The van der Waals surface area contributed by atoms with Crippen molar-refractivity contribution in [2.24, 2.45) is 0 Å². The normalized spacial score (nSPS) is 12.6. The molecule has 0 aliphatic carbocycles. The zero-order valence-corrected chi connectivity index (χ0v) is 13.2. The van der Waals surface area contributed by atoms with Gasteiger partial charge in [0.25, 0.3) is 0 Å². The lowest BCUT2D eigenvalue weighted by Gasteiger charge is -2.11. The average molecular weight is 290 g/mol. The molecule has 4 heteroatoms. The second-order valence-corrected chi connectivity index (χ2v) is 5.61. The highest BCUT2D eigenvalue weighted by Gasteiger charge is 2.18. The molecule has 2 aromatic rings. The van der Waals surface area contributed by atoms with Crippen molar-refractivity contribution in [2.75, 3.05) is 13.7 Å². The number of ether oxygens (including phenoxy) is 1. The molecular weight excluding hydrogens is 268 g/mol. The molecule has 0 fully saturated rings. The molecule has 0 saturated heterocycles. The molecule has 1 unspecified atom stereocenters. The predicted molar refractivity (Wildman–Crippen MR) is 85.0 cm³/mol. The van der Waals surface area contributed by atoms with E-state index in [0.717, 1.165) is 30.3 Å². The summed E-state index contributed by atoms with van der Waals surface area (Å²) in [6, 6.07) is 10.4. The highest BCUT2D eigenvalue weighted by Crippen LogP contribution is 2.35. The topological polar surface area (TPSA) is 34.1 Å². The molecule has 0 aliphatic heterocycles. The van der Waals surface area contributed by atoms with Gasteiger partial charge in [-0.25, -0.2) is 4.98 Å². The summed E-state index contributed by atoms with van der Waals surface area (Å²) in [5.41, 5.74) is 2.34. The molecule has 108 valence electrons. The first-order chi connectivity index (χ1) is 9.80. The van der Waals surface area contributed by atoms with Gasteiger partial charge in [0.1, 0.15) is 11.1 Å². The van der Waals surface area contributed by atoms with Gasteiger partial charge in [0.15, 0.2) is 0 Å². The number of thiazole rings is 1. The molecular formula is C16H22N2OS. The molecule has 1 atom stereocenters. The Morgan fingerprint density at radius 2 is 2.00 bits per heavy atom. The average Bonchev–Trinajstić information content (AvgIpc) is 2.90. The van der Waals surface area contributed by atoms with Crippen molar-refractivity contribution >= 4 is 11.3 Å². The highest BCUT2D eigenvalue weighted by atomic mass is 32.1. The van der Waals surface area contributed by atoms with E-state index in [2.05, 4.69) is 36.5 Å². The predicted octanol–water partition coefficient (Wildman–Crippen LogP) is 4.02. The minimum atomic E-state index is 0.109. The largest absolute Gasteiger partial charge is 0.371 e. The van der Waals surface area contributed by atoms with E-state index < -0.39 is 0 Å². The van der Waals surface area contributed by atoms with Crippen molar-refractivity contribution in [3.05, 3.63) is 41.0 Å². The zero-order valence-electron chi connectivity index (χ0n) is 12.3. The summed E-state index contributed by atoms with van der Waals surface area (Å²) >= 11 is 1.75. The highest BCUT2D eigenvalue weighted by molar-refractivity contribution is 7.15. The Morgan fingerprint density at radius 3 is 2.60 bits per heavy atom. The Morgan fingerprint density at radius 1 is 1.25 bits per heavy atom. The molecule has 20 heavy (non-hydrogen) atoms. The van der Waals surface area contributed by atoms with E-state index in [-0.39, 0.29) is 6.10 Å². The van der Waals surface area contributed by atoms with Crippen LogP contribution in [0.2, 0.25) is 0 Å². The monoisotopic (exact) mass is 290 g/mol. The Labute approximate surface area is 125 Å². The van der Waals surface area contributed by atoms with Crippen molar-refractivity contribution < 1.29 is 4.74 Å². The van der Waals surface area contributed by atoms with Crippen LogP contribution in [0.5, 0.6) is 0 Å². The number of hydrogen-bond donors (Lipinski definition) is 1. The van der Waals surface area contributed by atoms with E-state index in [1.807, 2.05) is 20.0 Å². The van der Waals surface area contributed by atoms with Gasteiger partial charge in [0.05, 0.1) is 10.6 Å². The van der Waals surface area contributed by atoms with Gasteiger partial charge in [0.2, 0.25) is 0 Å². The van der Waals surface area contributed by atoms with Crippen LogP contribution in [-0.2, 0) is 11.3 Å². The molecule has 0 radical (unpaired) electrons. The summed E-state index contributed by atoms with van der Waals surface area (Å²) < 4.78 is 5.79. The number of nitrogens with zero attached hydrogens (tertiary/aromatic N) is 1. The minimum Gasteiger partial charge on any atom is -0.371 e. The van der Waals surface area contributed by atoms with Gasteiger partial charge < -0.3 is 10.1 Å². The summed E-state index contributed by atoms with van der Waals surface area (Å²) in [6.45, 7) is 5.67. The lowest BCUT2D eigenvalue weighted by molar-refractivity contribution is 0.0595. The molecule has 1 N–H and O–H groups in total. The first-order valence-electron chi connectivity index (χ1n) is 7.11. The van der Waals surface area contributed by atoms with E-state index in [1.54, 1.807) is 11.3 Å². The maximum Gasteiger partial charge on any atom is 0.122 e. The second-order valence-electron chi connectivity index (χ2n) is 4.58. The van der Waals surface area contributed by atoms with E-state index >= 15 is 0 Å². The first-order valence-corrected chi connectivity index (χ1v) is 7.93. The van der Waals surface area contributed by atoms with E-state index in [4.69, 9.17) is 9.72 Å². The smallest absolute Gasteiger partial charge is 0.122 e. The second kappa shape index (κ2) is 7.53. The van der Waals surface area contributed by atoms with Crippen molar-refractivity contribution in [1.82, 2.24) is 10.3 Å². The number of hydrogen-bond acceptors (Lipinski definition) is 4. The number of nitrogens with one attached hydrogen (secondary N) is 1. The SMILES string of the molecule is CCOC(CC)c1nc(CNC)c(-c2ccccc2)s1. The maximum atomic E-state index is 5.79. The molecule has 0 amide bonds. The fourth-order valence-electron chi connectivity index (χ4n) is 2.18. The van der Waals surface area contributed by atoms with Crippen LogP contribution in [-0.4, -0.2) is 18.6 Å². The number of benzene rings is 1. The van der Waals surface area contributed by atoms with Gasteiger partial charge in [0, 0.05) is 13.2 Å². The summed E-state index contributed by atoms with van der Waals surface area (Å²) in [4.78, 5) is 6.04. The van der Waals surface area contributed by atoms with Crippen molar-refractivity contribution in [3.8, 4) is 10.4 Å². The third-order valence-electron chi connectivity index (χ3n) is 3.11. The summed E-state index contributed by atoms with van der Waals surface area (Å²) in [6.07, 6.45) is 1.06. The van der Waals surface area contributed by atoms with Crippen LogP contribution in [0.4, 0.5) is 0 Å². The van der Waals surface area contributed by atoms with Crippen LogP contribution in [0, 0.1) is 0 Å². The minimum absolute atomic E-state index is 0.109. The van der Waals surface area contributed by atoms with Crippen LogP contribution in [0.3, 0.4) is 0 Å². The number of rotatable bonds is 7. The van der Waals surface area contributed by atoms with Crippen molar-refractivity contribution in [1.29, 1.82) is 0 Å². The lowest BCUT2D eigenvalue weighted by Crippen LogP contribution is -2.07. The van der Waals surface area contributed by atoms with Crippen molar-refractivity contribution in [2.45, 2.75) is 32.9 Å². The van der Waals surface area contributed by atoms with Crippen LogP contribution in [0.25, 0.3) is 10.4 Å². The van der Waals surface area contributed by atoms with E-state index in [9.17, 15) is 0 Å². The van der Waals surface area contributed by atoms with Crippen molar-refractivity contribution in [3.63, 3.8) is 0 Å². The third-order valence-corrected chi connectivity index (χ3v) is 4.35. The van der Waals surface area contributed by atoms with Gasteiger partial charge in [-0.15, -0.1) is 11.3 Å². The summed E-state index contributed by atoms with van der Waals surface area (Å²) in [7, 11) is 1.95. The molecule has 0 spiro atoms. The molecule has 1 aromatic heterocycles. The molecule has 0 saturated carbocycles. The molecule has 1 aromatic carbocycles. The van der Waals surface area contributed by atoms with Gasteiger partial charge in [-0.05, 0) is 26.0 Å². The standard InChI is InChI=1S/C16H22N2OS/c1-4-14(19-5-2)16-18-13(11-17-3)15(20-16)12-9-7-6-8-10-12/h6-10,14,17H,4-5,11H2,1-3H3. The van der Waals surface area contributed by atoms with Gasteiger partial charge in [-0.1, -0.05) is 37.3 Å². The van der Waals surface area contributed by atoms with Gasteiger partial charge >= 0.3 is 0 Å². The van der Waals surface area contributed by atoms with Gasteiger partial charge in [-0.3, -0.25) is 0 Å². The van der Waals surface area contributed by atoms with Crippen LogP contribution in [0.15, 0.2) is 30.3 Å². The van der Waals surface area contributed by atoms with Crippen LogP contribution >= 0.6 is 11.3 Å². The van der Waals surface area contributed by atoms with Gasteiger partial charge in [-0.2, -0.15) is 0 Å². The van der Waals surface area contributed by atoms with Crippen LogP contribution in [0.1, 0.15) is 37.1 Å². The molecule has 1 heterocycles. The molecule has 0 bridgehead atoms. The summed E-state index contributed by atoms with van der Waals surface area (Å²) in [5, 5.41) is 4.28. The maximum absolute atomic E-state index is 5.79. The Hall–Kier alpha value is -1.23. The Bertz CT molecular complexity index is 525. The fourth-order valence-corrected chi connectivity index (χ4v) is 3.40. The first kappa shape index (κ1) is 15.2. The zero-order chi connectivity index (χ0) is 14.4. The quantitative estimate of drug-likeness (QED) is 0.836. The summed E-state index contributed by atoms with van der Waals surface area (Å²) in [5.74, 6) is 0. The van der Waals surface area contributed by atoms with Crippen LogP contribution < -0.4 is 5.32 Å². The van der Waals surface area contributed by atoms with E-state index in [0.29, 0.717) is 0 Å². The third kappa shape index (κ3) is 3.45. The molecule has 0 aliphatic rings. The van der Waals surface area contributed by atoms with E-state index in [1.165, 1.54) is 10.4 Å². The fraction of sp³-hybridized carbons (Fsp3) is 0.438. The lowest BCUT2D eigenvalue weighted by atomic mass is 10.1. The number of aromatic nitrogens is 1. The Balaban J connectivity index is 2.37. The molecule has 2 rings (SSSR count).